The molecule has 27 heavy (non-hydrogen) atoms. The smallest absolute Gasteiger partial charge is 0.279 e. The van der Waals surface area contributed by atoms with E-state index >= 15 is 0 Å². The van der Waals surface area contributed by atoms with Crippen molar-refractivity contribution in [1.82, 2.24) is 0 Å². The maximum Gasteiger partial charge on any atom is 0.279 e. The fourth-order valence-corrected chi connectivity index (χ4v) is 7.29. The molecule has 0 aliphatic carbocycles. The molecule has 10 heteroatoms. The van der Waals surface area contributed by atoms with Crippen LogP contribution < -0.4 is 9.03 Å². The number of aliphatic imine (C=N–C) groups is 1. The van der Waals surface area contributed by atoms with Crippen molar-refractivity contribution in [3.05, 3.63) is 60.3 Å². The number of anilines is 2. The van der Waals surface area contributed by atoms with Crippen LogP contribution in [0.2, 0.25) is 0 Å². The van der Waals surface area contributed by atoms with Gasteiger partial charge in [0.25, 0.3) is 26.0 Å². The Morgan fingerprint density at radius 1 is 0.926 bits per heavy atom. The van der Waals surface area contributed by atoms with Crippen LogP contribution >= 0.6 is 0 Å². The molecular formula is C17H13N3O5S2. The van der Waals surface area contributed by atoms with Gasteiger partial charge in [-0.2, -0.15) is 20.5 Å². The molecule has 138 valence electrons. The number of hydrogen-bond donors (Lipinski definition) is 1. The van der Waals surface area contributed by atoms with Gasteiger partial charge in [0.05, 0.1) is 5.69 Å². The van der Waals surface area contributed by atoms with Gasteiger partial charge in [0.15, 0.2) is 0 Å². The second-order valence-corrected chi connectivity index (χ2v) is 9.53. The number of rotatable bonds is 3. The summed E-state index contributed by atoms with van der Waals surface area (Å²) in [5.41, 5.74) is 0.639. The van der Waals surface area contributed by atoms with Crippen LogP contribution in [0, 0.1) is 0 Å². The van der Waals surface area contributed by atoms with Gasteiger partial charge in [0.1, 0.15) is 15.5 Å². The van der Waals surface area contributed by atoms with E-state index in [4.69, 9.17) is 0 Å². The number of allylic oxidation sites excluding steroid dienone is 1. The Morgan fingerprint density at radius 2 is 1.52 bits per heavy atom. The fourth-order valence-electron chi connectivity index (χ4n) is 2.84. The van der Waals surface area contributed by atoms with Crippen LogP contribution in [0.4, 0.5) is 11.4 Å². The lowest BCUT2D eigenvalue weighted by molar-refractivity contribution is -0.112. The highest BCUT2D eigenvalue weighted by Crippen LogP contribution is 2.40. The van der Waals surface area contributed by atoms with Crippen LogP contribution in [0.1, 0.15) is 6.42 Å². The zero-order valence-corrected chi connectivity index (χ0v) is 15.4. The molecule has 2 aliphatic rings. The molecule has 0 aromatic heterocycles. The molecule has 2 heterocycles. The highest BCUT2D eigenvalue weighted by atomic mass is 32.3. The second-order valence-electron chi connectivity index (χ2n) is 5.79. The van der Waals surface area contributed by atoms with E-state index in [0.29, 0.717) is 21.5 Å². The number of nitrogens with one attached hydrogen (secondary N) is 1. The number of carbonyl (C=O) groups is 1. The quantitative estimate of drug-likeness (QED) is 0.841. The molecule has 0 bridgehead atoms. The summed E-state index contributed by atoms with van der Waals surface area (Å²) < 4.78 is 51.2. The summed E-state index contributed by atoms with van der Waals surface area (Å²) in [5, 5.41) is 2.62. The Bertz CT molecular complexity index is 1160. The Kier molecular flexibility index (Phi) is 3.89. The summed E-state index contributed by atoms with van der Waals surface area (Å²) in [6, 6.07) is 11.0. The van der Waals surface area contributed by atoms with Crippen LogP contribution in [-0.2, 0) is 24.8 Å². The molecular weight excluding hydrogens is 390 g/mol. The molecule has 0 fully saturated rings. The lowest BCUT2D eigenvalue weighted by Gasteiger charge is -2.16. The first-order valence-corrected chi connectivity index (χ1v) is 10.7. The Labute approximate surface area is 156 Å². The van der Waals surface area contributed by atoms with Crippen molar-refractivity contribution >= 4 is 43.5 Å². The zero-order chi connectivity index (χ0) is 19.2. The maximum absolute atomic E-state index is 12.7. The molecule has 0 saturated carbocycles. The average molecular weight is 403 g/mol. The van der Waals surface area contributed by atoms with Crippen molar-refractivity contribution in [1.29, 1.82) is 0 Å². The molecule has 4 rings (SSSR count). The Balaban J connectivity index is 1.67. The molecule has 0 saturated heterocycles. The van der Waals surface area contributed by atoms with Gasteiger partial charge < -0.3 is 5.32 Å². The average Bonchev–Trinajstić information content (AvgIpc) is 3.22. The number of nitrogens with zero attached hydrogens (tertiary/aromatic N) is 2. The van der Waals surface area contributed by atoms with Crippen molar-refractivity contribution in [2.45, 2.75) is 16.2 Å². The molecule has 0 spiro atoms. The van der Waals surface area contributed by atoms with Gasteiger partial charge in [0.2, 0.25) is 0 Å². The third kappa shape index (κ3) is 2.73. The SMILES string of the molecule is O=C(Nc1ccc(N2S(=O)(=O)c3ccccc3S2(=O)=O)cc1)C1=CCC=N1. The predicted molar refractivity (Wildman–Crippen MR) is 99.6 cm³/mol. The molecule has 2 aromatic rings. The van der Waals surface area contributed by atoms with E-state index in [1.165, 1.54) is 48.5 Å². The topological polar surface area (TPSA) is 113 Å². The van der Waals surface area contributed by atoms with E-state index in [1.54, 1.807) is 12.3 Å². The molecule has 2 aliphatic heterocycles. The highest BCUT2D eigenvalue weighted by Gasteiger charge is 2.47. The minimum Gasteiger partial charge on any atom is -0.321 e. The Morgan fingerprint density at radius 3 is 2.04 bits per heavy atom. The minimum absolute atomic E-state index is 0.0395. The van der Waals surface area contributed by atoms with Crippen LogP contribution in [0.5, 0.6) is 0 Å². The second kappa shape index (κ2) is 6.03. The van der Waals surface area contributed by atoms with Gasteiger partial charge in [-0.05, 0) is 42.5 Å². The van der Waals surface area contributed by atoms with Crippen LogP contribution in [0.25, 0.3) is 0 Å². The van der Waals surface area contributed by atoms with Gasteiger partial charge in [-0.1, -0.05) is 12.1 Å². The van der Waals surface area contributed by atoms with E-state index < -0.39 is 26.0 Å². The minimum atomic E-state index is -4.23. The third-order valence-electron chi connectivity index (χ3n) is 4.06. The summed E-state index contributed by atoms with van der Waals surface area (Å²) in [4.78, 5) is 15.4. The standard InChI is InChI=1S/C17H13N3O5S2/c21-17(14-4-3-11-18-14)19-12-7-9-13(10-8-12)20-26(22,23)15-5-1-2-6-16(15)27(20,24)25/h1-2,4-11H,3H2,(H,19,21). The van der Waals surface area contributed by atoms with Gasteiger partial charge >= 0.3 is 0 Å². The molecule has 0 unspecified atom stereocenters. The van der Waals surface area contributed by atoms with Crippen molar-refractivity contribution in [3.63, 3.8) is 0 Å². The number of fused-ring (bicyclic) bond motifs is 1. The lowest BCUT2D eigenvalue weighted by atomic mass is 10.2. The largest absolute Gasteiger partial charge is 0.321 e. The van der Waals surface area contributed by atoms with Crippen LogP contribution in [0.15, 0.2) is 75.1 Å². The van der Waals surface area contributed by atoms with Gasteiger partial charge in [-0.15, -0.1) is 0 Å². The summed E-state index contributed by atoms with van der Waals surface area (Å²) in [5.74, 6) is -0.398. The van der Waals surface area contributed by atoms with Gasteiger partial charge in [0, 0.05) is 18.3 Å². The number of hydrogen-bond acceptors (Lipinski definition) is 6. The summed E-state index contributed by atoms with van der Waals surface area (Å²) in [6.07, 6.45) is 3.87. The van der Waals surface area contributed by atoms with Gasteiger partial charge in [-0.25, -0.2) is 0 Å². The first-order valence-electron chi connectivity index (χ1n) is 7.85. The fraction of sp³-hybridized carbons (Fsp3) is 0.0588. The predicted octanol–water partition coefficient (Wildman–Crippen LogP) is 1.88. The zero-order valence-electron chi connectivity index (χ0n) is 13.7. The Hall–Kier alpha value is -2.98. The third-order valence-corrected chi connectivity index (χ3v) is 8.48. The van der Waals surface area contributed by atoms with Crippen molar-refractivity contribution in [3.8, 4) is 0 Å². The molecule has 0 radical (unpaired) electrons. The highest BCUT2D eigenvalue weighted by molar-refractivity contribution is 8.12. The van der Waals surface area contributed by atoms with Crippen molar-refractivity contribution < 1.29 is 21.6 Å². The lowest BCUT2D eigenvalue weighted by Crippen LogP contribution is -2.30. The van der Waals surface area contributed by atoms with E-state index in [1.807, 2.05) is 0 Å². The van der Waals surface area contributed by atoms with E-state index in [2.05, 4.69) is 10.3 Å². The first-order chi connectivity index (χ1) is 12.8. The molecule has 8 nitrogen and oxygen atoms in total. The van der Waals surface area contributed by atoms with E-state index in [9.17, 15) is 21.6 Å². The molecule has 0 atom stereocenters. The van der Waals surface area contributed by atoms with E-state index in [-0.39, 0.29) is 15.5 Å². The summed E-state index contributed by atoms with van der Waals surface area (Å²) in [7, 11) is -8.45. The summed E-state index contributed by atoms with van der Waals surface area (Å²) >= 11 is 0. The number of amides is 1. The number of benzene rings is 2. The normalized spacial score (nSPS) is 18.8. The van der Waals surface area contributed by atoms with E-state index in [0.717, 1.165) is 0 Å². The van der Waals surface area contributed by atoms with Crippen LogP contribution in [0.3, 0.4) is 0 Å². The molecule has 1 N–H and O–H groups in total. The number of carbonyl (C=O) groups excluding carboxylic acids is 1. The maximum atomic E-state index is 12.7. The molecule has 2 aromatic carbocycles. The summed E-state index contributed by atoms with van der Waals surface area (Å²) in [6.45, 7) is 0. The van der Waals surface area contributed by atoms with Crippen LogP contribution in [-0.4, -0.2) is 29.0 Å². The number of sulfonamides is 2. The van der Waals surface area contributed by atoms with Crippen molar-refractivity contribution in [2.75, 3.05) is 9.03 Å². The van der Waals surface area contributed by atoms with Gasteiger partial charge in [-0.3, -0.25) is 9.79 Å². The molecule has 1 amide bonds. The first kappa shape index (κ1) is 17.4. The monoisotopic (exact) mass is 403 g/mol. The van der Waals surface area contributed by atoms with Crippen molar-refractivity contribution in [2.24, 2.45) is 4.99 Å².